The molecule has 18 heavy (non-hydrogen) atoms. The first-order chi connectivity index (χ1) is 8.69. The lowest BCUT2D eigenvalue weighted by Gasteiger charge is -2.42. The second-order valence-corrected chi connectivity index (χ2v) is 5.75. The van der Waals surface area contributed by atoms with Gasteiger partial charge in [-0.2, -0.15) is 0 Å². The summed E-state index contributed by atoms with van der Waals surface area (Å²) in [5, 5.41) is 9.01. The maximum absolute atomic E-state index is 9.01. The molecule has 2 heterocycles. The number of hydrogen-bond donors (Lipinski definition) is 1. The third-order valence-corrected chi connectivity index (χ3v) is 4.28. The van der Waals surface area contributed by atoms with Crippen LogP contribution >= 0.6 is 0 Å². The third kappa shape index (κ3) is 3.79. The fourth-order valence-electron chi connectivity index (χ4n) is 3.00. The quantitative estimate of drug-likeness (QED) is 0.727. The molecule has 0 unspecified atom stereocenters. The summed E-state index contributed by atoms with van der Waals surface area (Å²) in [5.74, 6) is 0. The van der Waals surface area contributed by atoms with Crippen LogP contribution in [0.4, 0.5) is 0 Å². The summed E-state index contributed by atoms with van der Waals surface area (Å²) < 4.78 is 0. The van der Waals surface area contributed by atoms with Crippen molar-refractivity contribution < 1.29 is 5.11 Å². The van der Waals surface area contributed by atoms with E-state index in [9.17, 15) is 0 Å². The molecular formula is C14H27N3O. The van der Waals surface area contributed by atoms with Gasteiger partial charge in [0.1, 0.15) is 0 Å². The maximum atomic E-state index is 9.01. The minimum absolute atomic E-state index is 0.123. The van der Waals surface area contributed by atoms with Crippen molar-refractivity contribution in [1.29, 1.82) is 0 Å². The second kappa shape index (κ2) is 6.66. The Bertz CT molecular complexity index is 266. The van der Waals surface area contributed by atoms with E-state index in [0.29, 0.717) is 0 Å². The molecule has 104 valence electrons. The van der Waals surface area contributed by atoms with E-state index >= 15 is 0 Å². The van der Waals surface area contributed by atoms with Crippen molar-refractivity contribution in [3.8, 4) is 0 Å². The van der Waals surface area contributed by atoms with Crippen LogP contribution in [0.2, 0.25) is 0 Å². The lowest BCUT2D eigenvalue weighted by atomic mass is 10.0. The topological polar surface area (TPSA) is 30.0 Å². The van der Waals surface area contributed by atoms with E-state index in [4.69, 9.17) is 5.11 Å². The lowest BCUT2D eigenvalue weighted by molar-refractivity contribution is 0.0696. The minimum atomic E-state index is 0.123. The van der Waals surface area contributed by atoms with Gasteiger partial charge in [-0.1, -0.05) is 6.58 Å². The van der Waals surface area contributed by atoms with Crippen molar-refractivity contribution in [1.82, 2.24) is 14.7 Å². The minimum Gasteiger partial charge on any atom is -0.392 e. The van der Waals surface area contributed by atoms with Gasteiger partial charge in [0.15, 0.2) is 0 Å². The molecule has 2 rings (SSSR count). The fraction of sp³-hybridized carbons (Fsp3) is 0.857. The molecule has 4 nitrogen and oxygen atoms in total. The zero-order chi connectivity index (χ0) is 13.0. The van der Waals surface area contributed by atoms with E-state index in [1.165, 1.54) is 39.0 Å². The molecule has 0 atom stereocenters. The molecule has 0 aromatic carbocycles. The van der Waals surface area contributed by atoms with Crippen molar-refractivity contribution in [2.24, 2.45) is 0 Å². The smallest absolute Gasteiger partial charge is 0.0651 e. The van der Waals surface area contributed by atoms with Gasteiger partial charge in [0.2, 0.25) is 0 Å². The van der Waals surface area contributed by atoms with Crippen LogP contribution in [0.1, 0.15) is 12.8 Å². The number of piperazine rings is 1. The molecule has 0 aromatic heterocycles. The Kier molecular flexibility index (Phi) is 5.18. The first-order valence-electron chi connectivity index (χ1n) is 7.11. The molecule has 2 aliphatic rings. The van der Waals surface area contributed by atoms with Gasteiger partial charge in [-0.15, -0.1) is 0 Å². The zero-order valence-electron chi connectivity index (χ0n) is 11.6. The Morgan fingerprint density at radius 3 is 2.28 bits per heavy atom. The van der Waals surface area contributed by atoms with Crippen molar-refractivity contribution in [2.45, 2.75) is 18.9 Å². The van der Waals surface area contributed by atoms with Crippen molar-refractivity contribution in [2.75, 3.05) is 59.5 Å². The zero-order valence-corrected chi connectivity index (χ0v) is 11.6. The van der Waals surface area contributed by atoms with Gasteiger partial charge in [-0.25, -0.2) is 0 Å². The number of piperidine rings is 1. The van der Waals surface area contributed by atoms with Crippen LogP contribution in [0.3, 0.4) is 0 Å². The van der Waals surface area contributed by atoms with Crippen LogP contribution < -0.4 is 0 Å². The highest BCUT2D eigenvalue weighted by molar-refractivity contribution is 4.98. The predicted molar refractivity (Wildman–Crippen MR) is 74.8 cm³/mol. The summed E-state index contributed by atoms with van der Waals surface area (Å²) >= 11 is 0. The number of rotatable bonds is 4. The van der Waals surface area contributed by atoms with Crippen LogP contribution in [0.25, 0.3) is 0 Å². The molecule has 4 heteroatoms. The Morgan fingerprint density at radius 2 is 1.72 bits per heavy atom. The van der Waals surface area contributed by atoms with Crippen LogP contribution in [0.15, 0.2) is 12.2 Å². The molecule has 0 aromatic rings. The van der Waals surface area contributed by atoms with E-state index in [1.54, 1.807) is 0 Å². The molecule has 1 N–H and O–H groups in total. The summed E-state index contributed by atoms with van der Waals surface area (Å²) in [6.45, 7) is 12.0. The molecule has 0 amide bonds. The van der Waals surface area contributed by atoms with Crippen LogP contribution in [-0.4, -0.2) is 85.3 Å². The third-order valence-electron chi connectivity index (χ3n) is 4.28. The molecule has 0 radical (unpaired) electrons. The summed E-state index contributed by atoms with van der Waals surface area (Å²) in [7, 11) is 2.21. The van der Waals surface area contributed by atoms with E-state index in [-0.39, 0.29) is 6.61 Å². The second-order valence-electron chi connectivity index (χ2n) is 5.75. The Labute approximate surface area is 111 Å². The van der Waals surface area contributed by atoms with E-state index in [1.807, 2.05) is 0 Å². The maximum Gasteiger partial charge on any atom is 0.0651 e. The van der Waals surface area contributed by atoms with Crippen LogP contribution in [-0.2, 0) is 0 Å². The van der Waals surface area contributed by atoms with Gasteiger partial charge in [-0.3, -0.25) is 9.80 Å². The van der Waals surface area contributed by atoms with Crippen LogP contribution in [0, 0.1) is 0 Å². The monoisotopic (exact) mass is 253 g/mol. The van der Waals surface area contributed by atoms with Gasteiger partial charge < -0.3 is 10.0 Å². The highest BCUT2D eigenvalue weighted by atomic mass is 16.3. The van der Waals surface area contributed by atoms with E-state index in [0.717, 1.165) is 31.2 Å². The lowest BCUT2D eigenvalue weighted by Crippen LogP contribution is -2.52. The Morgan fingerprint density at radius 1 is 1.11 bits per heavy atom. The first kappa shape index (κ1) is 14.0. The SMILES string of the molecule is C=C(CO)CN1CCC(N2CCN(C)CC2)CC1. The molecular weight excluding hydrogens is 226 g/mol. The highest BCUT2D eigenvalue weighted by Gasteiger charge is 2.26. The number of nitrogens with zero attached hydrogens (tertiary/aromatic N) is 3. The average molecular weight is 253 g/mol. The number of likely N-dealkylation sites (N-methyl/N-ethyl adjacent to an activating group) is 1. The largest absolute Gasteiger partial charge is 0.392 e. The first-order valence-corrected chi connectivity index (χ1v) is 7.11. The normalized spacial score (nSPS) is 25.4. The predicted octanol–water partition coefficient (Wildman–Crippen LogP) is 0.247. The van der Waals surface area contributed by atoms with E-state index < -0.39 is 0 Å². The molecule has 0 spiro atoms. The Hall–Kier alpha value is -0.420. The molecule has 2 aliphatic heterocycles. The summed E-state index contributed by atoms with van der Waals surface area (Å²) in [6, 6.07) is 0.775. The molecule has 0 saturated carbocycles. The number of hydrogen-bond acceptors (Lipinski definition) is 4. The van der Waals surface area contributed by atoms with Crippen molar-refractivity contribution in [3.63, 3.8) is 0 Å². The van der Waals surface area contributed by atoms with Gasteiger partial charge in [-0.05, 0) is 38.6 Å². The van der Waals surface area contributed by atoms with Crippen molar-refractivity contribution in [3.05, 3.63) is 12.2 Å². The average Bonchev–Trinajstić information content (AvgIpc) is 2.40. The fourth-order valence-corrected chi connectivity index (χ4v) is 3.00. The van der Waals surface area contributed by atoms with Gasteiger partial charge in [0.05, 0.1) is 6.61 Å². The molecule has 2 fully saturated rings. The van der Waals surface area contributed by atoms with Crippen LogP contribution in [0.5, 0.6) is 0 Å². The summed E-state index contributed by atoms with van der Waals surface area (Å²) in [5.41, 5.74) is 0.938. The number of aliphatic hydroxyl groups is 1. The van der Waals surface area contributed by atoms with Gasteiger partial charge >= 0.3 is 0 Å². The standard InChI is InChI=1S/C14H27N3O/c1-13(12-18)11-16-5-3-14(4-6-16)17-9-7-15(2)8-10-17/h14,18H,1,3-12H2,2H3. The Balaban J connectivity index is 1.71. The number of aliphatic hydroxyl groups excluding tert-OH is 1. The highest BCUT2D eigenvalue weighted by Crippen LogP contribution is 2.18. The van der Waals surface area contributed by atoms with Gasteiger partial charge in [0.25, 0.3) is 0 Å². The van der Waals surface area contributed by atoms with Gasteiger partial charge in [0, 0.05) is 38.8 Å². The molecule has 0 bridgehead atoms. The molecule has 0 aliphatic carbocycles. The number of likely N-dealkylation sites (tertiary alicyclic amines) is 1. The van der Waals surface area contributed by atoms with Crippen molar-refractivity contribution >= 4 is 0 Å². The summed E-state index contributed by atoms with van der Waals surface area (Å²) in [6.07, 6.45) is 2.53. The summed E-state index contributed by atoms with van der Waals surface area (Å²) in [4.78, 5) is 7.50. The van der Waals surface area contributed by atoms with E-state index in [2.05, 4.69) is 28.3 Å². The molecule has 2 saturated heterocycles.